The van der Waals surface area contributed by atoms with E-state index < -0.39 is 0 Å². The maximum absolute atomic E-state index is 12.2. The lowest BCUT2D eigenvalue weighted by Gasteiger charge is -2.35. The summed E-state index contributed by atoms with van der Waals surface area (Å²) in [5.74, 6) is 0.310. The number of rotatable bonds is 6. The number of halogens is 1. The summed E-state index contributed by atoms with van der Waals surface area (Å²) >= 11 is 0. The van der Waals surface area contributed by atoms with E-state index in [0.29, 0.717) is 24.5 Å². The van der Waals surface area contributed by atoms with E-state index in [9.17, 15) is 4.79 Å². The molecule has 0 bridgehead atoms. The maximum atomic E-state index is 12.2. The second kappa shape index (κ2) is 8.08. The first-order valence-corrected chi connectivity index (χ1v) is 7.42. The highest BCUT2D eigenvalue weighted by Gasteiger charge is 2.31. The van der Waals surface area contributed by atoms with Gasteiger partial charge in [0.05, 0.1) is 6.54 Å². The van der Waals surface area contributed by atoms with Crippen molar-refractivity contribution in [1.82, 2.24) is 15.1 Å². The molecule has 0 spiro atoms. The molecule has 1 aliphatic carbocycles. The second-order valence-corrected chi connectivity index (χ2v) is 5.69. The Balaban J connectivity index is 0.00000180. The summed E-state index contributed by atoms with van der Waals surface area (Å²) in [5.41, 5.74) is 0. The zero-order valence-corrected chi connectivity index (χ0v) is 13.0. The number of hydrogen-bond acceptors (Lipinski definition) is 3. The lowest BCUT2D eigenvalue weighted by atomic mass is 10.0. The molecule has 1 heterocycles. The SMILES string of the molecule is CCCN(CC(=O)N(C)C1CC1)C1CCNCC1.Cl. The number of hydrogen-bond donors (Lipinski definition) is 1. The Labute approximate surface area is 123 Å². The third-order valence-corrected chi connectivity index (χ3v) is 4.16. The van der Waals surface area contributed by atoms with Crippen molar-refractivity contribution in [1.29, 1.82) is 0 Å². The van der Waals surface area contributed by atoms with Gasteiger partial charge in [-0.25, -0.2) is 0 Å². The molecule has 1 saturated heterocycles. The lowest BCUT2D eigenvalue weighted by molar-refractivity contribution is -0.132. The van der Waals surface area contributed by atoms with E-state index in [-0.39, 0.29) is 12.4 Å². The van der Waals surface area contributed by atoms with Gasteiger partial charge >= 0.3 is 0 Å². The largest absolute Gasteiger partial charge is 0.342 e. The molecule has 0 atom stereocenters. The van der Waals surface area contributed by atoms with Crippen molar-refractivity contribution in [3.63, 3.8) is 0 Å². The van der Waals surface area contributed by atoms with Crippen LogP contribution in [0.5, 0.6) is 0 Å². The molecule has 0 unspecified atom stereocenters. The van der Waals surface area contributed by atoms with Crippen LogP contribution in [0, 0.1) is 0 Å². The van der Waals surface area contributed by atoms with Gasteiger partial charge in [0.2, 0.25) is 5.91 Å². The Morgan fingerprint density at radius 1 is 1.16 bits per heavy atom. The van der Waals surface area contributed by atoms with Crippen molar-refractivity contribution >= 4 is 18.3 Å². The summed E-state index contributed by atoms with van der Waals surface area (Å²) in [6, 6.07) is 1.14. The Kier molecular flexibility index (Phi) is 7.11. The molecule has 19 heavy (non-hydrogen) atoms. The van der Waals surface area contributed by atoms with Gasteiger partial charge in [-0.15, -0.1) is 12.4 Å². The number of nitrogens with one attached hydrogen (secondary N) is 1. The fraction of sp³-hybridized carbons (Fsp3) is 0.929. The summed E-state index contributed by atoms with van der Waals surface area (Å²) in [4.78, 5) is 16.6. The van der Waals surface area contributed by atoms with Gasteiger partial charge in [-0.1, -0.05) is 6.92 Å². The highest BCUT2D eigenvalue weighted by Crippen LogP contribution is 2.25. The molecule has 2 aliphatic rings. The van der Waals surface area contributed by atoms with Crippen LogP contribution in [0.15, 0.2) is 0 Å². The molecule has 1 saturated carbocycles. The quantitative estimate of drug-likeness (QED) is 0.805. The molecule has 2 fully saturated rings. The zero-order valence-electron chi connectivity index (χ0n) is 12.2. The molecule has 4 nitrogen and oxygen atoms in total. The van der Waals surface area contributed by atoms with Crippen LogP contribution in [-0.2, 0) is 4.79 Å². The van der Waals surface area contributed by atoms with Crippen molar-refractivity contribution < 1.29 is 4.79 Å². The molecule has 0 aromatic rings. The Morgan fingerprint density at radius 3 is 2.32 bits per heavy atom. The van der Waals surface area contributed by atoms with Crippen molar-refractivity contribution in [3.8, 4) is 0 Å². The summed E-state index contributed by atoms with van der Waals surface area (Å²) in [7, 11) is 1.96. The predicted octanol–water partition coefficient (Wildman–Crippen LogP) is 1.49. The minimum atomic E-state index is 0. The molecule has 2 rings (SSSR count). The highest BCUT2D eigenvalue weighted by molar-refractivity contribution is 5.85. The minimum absolute atomic E-state index is 0. The molecule has 112 valence electrons. The molecular formula is C14H28ClN3O. The van der Waals surface area contributed by atoms with Crippen LogP contribution < -0.4 is 5.32 Å². The normalized spacial score (nSPS) is 20.2. The van der Waals surface area contributed by atoms with Crippen LogP contribution in [0.1, 0.15) is 39.0 Å². The van der Waals surface area contributed by atoms with Crippen LogP contribution in [0.2, 0.25) is 0 Å². The fourth-order valence-electron chi connectivity index (χ4n) is 2.80. The fourth-order valence-corrected chi connectivity index (χ4v) is 2.80. The van der Waals surface area contributed by atoms with Crippen molar-refractivity contribution in [2.24, 2.45) is 0 Å². The second-order valence-electron chi connectivity index (χ2n) is 5.69. The smallest absolute Gasteiger partial charge is 0.236 e. The summed E-state index contributed by atoms with van der Waals surface area (Å²) in [5, 5.41) is 3.39. The van der Waals surface area contributed by atoms with Crippen LogP contribution in [0.3, 0.4) is 0 Å². The summed E-state index contributed by atoms with van der Waals surface area (Å²) < 4.78 is 0. The van der Waals surface area contributed by atoms with Crippen LogP contribution >= 0.6 is 12.4 Å². The van der Waals surface area contributed by atoms with Crippen molar-refractivity contribution in [2.75, 3.05) is 33.2 Å². The molecule has 0 radical (unpaired) electrons. The molecule has 0 aromatic heterocycles. The Morgan fingerprint density at radius 2 is 1.79 bits per heavy atom. The van der Waals surface area contributed by atoms with Gasteiger partial charge in [-0.2, -0.15) is 0 Å². The van der Waals surface area contributed by atoms with Gasteiger partial charge in [-0.05, 0) is 51.7 Å². The van der Waals surface area contributed by atoms with Crippen LogP contribution in [0.25, 0.3) is 0 Å². The number of nitrogens with zero attached hydrogens (tertiary/aromatic N) is 2. The summed E-state index contributed by atoms with van der Waals surface area (Å²) in [6.45, 7) is 6.05. The highest BCUT2D eigenvalue weighted by atomic mass is 35.5. The van der Waals surface area contributed by atoms with E-state index in [2.05, 4.69) is 17.1 Å². The van der Waals surface area contributed by atoms with Gasteiger partial charge in [0.25, 0.3) is 0 Å². The monoisotopic (exact) mass is 289 g/mol. The topological polar surface area (TPSA) is 35.6 Å². The summed E-state index contributed by atoms with van der Waals surface area (Å²) in [6.07, 6.45) is 5.89. The van der Waals surface area contributed by atoms with Crippen LogP contribution in [0.4, 0.5) is 0 Å². The molecule has 0 aromatic carbocycles. The predicted molar refractivity (Wildman–Crippen MR) is 80.8 cm³/mol. The van der Waals surface area contributed by atoms with Crippen LogP contribution in [-0.4, -0.2) is 61.0 Å². The van der Waals surface area contributed by atoms with Crippen molar-refractivity contribution in [3.05, 3.63) is 0 Å². The Hall–Kier alpha value is -0.320. The van der Waals surface area contributed by atoms with E-state index in [1.54, 1.807) is 0 Å². The average Bonchev–Trinajstić information content (AvgIpc) is 3.22. The zero-order chi connectivity index (χ0) is 13.0. The third-order valence-electron chi connectivity index (χ3n) is 4.16. The number of carbonyl (C=O) groups is 1. The number of likely N-dealkylation sites (N-methyl/N-ethyl adjacent to an activating group) is 1. The average molecular weight is 290 g/mol. The van der Waals surface area contributed by atoms with Gasteiger partial charge in [0.15, 0.2) is 0 Å². The molecule has 1 amide bonds. The first-order chi connectivity index (χ1) is 8.72. The standard InChI is InChI=1S/C14H27N3O.ClH/c1-3-10-17(13-6-8-15-9-7-13)11-14(18)16(2)12-4-5-12;/h12-13,15H,3-11H2,1-2H3;1H. The number of piperidine rings is 1. The van der Waals surface area contributed by atoms with E-state index >= 15 is 0 Å². The minimum Gasteiger partial charge on any atom is -0.342 e. The number of carbonyl (C=O) groups excluding carboxylic acids is 1. The maximum Gasteiger partial charge on any atom is 0.236 e. The van der Waals surface area contributed by atoms with Gasteiger partial charge in [0.1, 0.15) is 0 Å². The van der Waals surface area contributed by atoms with E-state index in [0.717, 1.165) is 26.1 Å². The lowest BCUT2D eigenvalue weighted by Crippen LogP contribution is -2.48. The number of amides is 1. The molecule has 1 N–H and O–H groups in total. The Bertz CT molecular complexity index is 278. The van der Waals surface area contributed by atoms with E-state index in [1.165, 1.54) is 25.7 Å². The van der Waals surface area contributed by atoms with E-state index in [1.807, 2.05) is 11.9 Å². The van der Waals surface area contributed by atoms with E-state index in [4.69, 9.17) is 0 Å². The molecule has 1 aliphatic heterocycles. The third kappa shape index (κ3) is 4.93. The van der Waals surface area contributed by atoms with Gasteiger partial charge in [-0.3, -0.25) is 9.69 Å². The van der Waals surface area contributed by atoms with Gasteiger partial charge in [0, 0.05) is 19.1 Å². The molecule has 5 heteroatoms. The van der Waals surface area contributed by atoms with Crippen molar-refractivity contribution in [2.45, 2.75) is 51.1 Å². The first-order valence-electron chi connectivity index (χ1n) is 7.42. The first kappa shape index (κ1) is 16.7. The van der Waals surface area contributed by atoms with Gasteiger partial charge < -0.3 is 10.2 Å². The molecular weight excluding hydrogens is 262 g/mol.